The van der Waals surface area contributed by atoms with E-state index < -0.39 is 0 Å². The Morgan fingerprint density at radius 2 is 2.22 bits per heavy atom. The van der Waals surface area contributed by atoms with E-state index in [1.165, 1.54) is 5.56 Å². The average molecular weight is 315 g/mol. The van der Waals surface area contributed by atoms with Gasteiger partial charge in [0.1, 0.15) is 0 Å². The lowest BCUT2D eigenvalue weighted by Crippen LogP contribution is -2.35. The van der Waals surface area contributed by atoms with Crippen LogP contribution in [0.3, 0.4) is 0 Å². The van der Waals surface area contributed by atoms with E-state index in [0.29, 0.717) is 0 Å². The minimum Gasteiger partial charge on any atom is -0.385 e. The van der Waals surface area contributed by atoms with Gasteiger partial charge in [0.05, 0.1) is 0 Å². The SMILES string of the molecule is COCCCC(N)CN(C)Cc1cccc(Br)c1. The number of methoxy groups -OCH3 is 1. The zero-order valence-corrected chi connectivity index (χ0v) is 12.8. The van der Waals surface area contributed by atoms with Crippen molar-refractivity contribution in [2.75, 3.05) is 27.3 Å². The fraction of sp³-hybridized carbons (Fsp3) is 0.571. The molecule has 1 aromatic rings. The highest BCUT2D eigenvalue weighted by molar-refractivity contribution is 9.10. The van der Waals surface area contributed by atoms with Crippen LogP contribution in [-0.4, -0.2) is 38.3 Å². The van der Waals surface area contributed by atoms with Crippen LogP contribution in [-0.2, 0) is 11.3 Å². The number of rotatable bonds is 8. The van der Waals surface area contributed by atoms with Crippen molar-refractivity contribution in [3.8, 4) is 0 Å². The zero-order valence-electron chi connectivity index (χ0n) is 11.2. The van der Waals surface area contributed by atoms with E-state index in [4.69, 9.17) is 10.5 Å². The van der Waals surface area contributed by atoms with E-state index in [2.05, 4.69) is 46.1 Å². The van der Waals surface area contributed by atoms with Crippen LogP contribution in [0.15, 0.2) is 28.7 Å². The highest BCUT2D eigenvalue weighted by Gasteiger charge is 2.07. The molecule has 0 amide bonds. The normalized spacial score (nSPS) is 12.9. The van der Waals surface area contributed by atoms with Gasteiger partial charge in [-0.1, -0.05) is 28.1 Å². The number of benzene rings is 1. The van der Waals surface area contributed by atoms with Crippen molar-refractivity contribution in [3.05, 3.63) is 34.3 Å². The second-order valence-electron chi connectivity index (χ2n) is 4.72. The summed E-state index contributed by atoms with van der Waals surface area (Å²) in [6, 6.07) is 8.61. The summed E-state index contributed by atoms with van der Waals surface area (Å²) in [7, 11) is 3.84. The number of hydrogen-bond donors (Lipinski definition) is 1. The molecular weight excluding hydrogens is 292 g/mol. The molecule has 1 rings (SSSR count). The minimum atomic E-state index is 0.220. The van der Waals surface area contributed by atoms with Crippen LogP contribution in [0.25, 0.3) is 0 Å². The number of hydrogen-bond acceptors (Lipinski definition) is 3. The summed E-state index contributed by atoms with van der Waals surface area (Å²) in [5, 5.41) is 0. The van der Waals surface area contributed by atoms with Crippen molar-refractivity contribution in [1.82, 2.24) is 4.90 Å². The molecule has 0 aliphatic rings. The standard InChI is InChI=1S/C14H23BrN2O/c1-17(11-14(16)7-4-8-18-2)10-12-5-3-6-13(15)9-12/h3,5-6,9,14H,4,7-8,10-11,16H2,1-2H3. The van der Waals surface area contributed by atoms with Gasteiger partial charge in [0, 0.05) is 37.3 Å². The van der Waals surface area contributed by atoms with Crippen LogP contribution in [0.2, 0.25) is 0 Å². The van der Waals surface area contributed by atoms with Gasteiger partial charge in [0.25, 0.3) is 0 Å². The van der Waals surface area contributed by atoms with Crippen LogP contribution in [0.5, 0.6) is 0 Å². The molecule has 4 heteroatoms. The van der Waals surface area contributed by atoms with Crippen molar-refractivity contribution in [3.63, 3.8) is 0 Å². The molecule has 2 N–H and O–H groups in total. The molecule has 0 aromatic heterocycles. The Morgan fingerprint density at radius 1 is 1.44 bits per heavy atom. The Labute approximate surface area is 118 Å². The molecule has 102 valence electrons. The fourth-order valence-electron chi connectivity index (χ4n) is 1.99. The maximum atomic E-state index is 6.09. The van der Waals surface area contributed by atoms with E-state index in [9.17, 15) is 0 Å². The summed E-state index contributed by atoms with van der Waals surface area (Å²) >= 11 is 3.49. The van der Waals surface area contributed by atoms with Gasteiger partial charge in [-0.15, -0.1) is 0 Å². The second-order valence-corrected chi connectivity index (χ2v) is 5.64. The molecule has 0 bridgehead atoms. The molecule has 0 saturated heterocycles. The zero-order chi connectivity index (χ0) is 13.4. The van der Waals surface area contributed by atoms with Gasteiger partial charge >= 0.3 is 0 Å². The van der Waals surface area contributed by atoms with E-state index in [1.54, 1.807) is 7.11 Å². The minimum absolute atomic E-state index is 0.220. The van der Waals surface area contributed by atoms with Crippen molar-refractivity contribution < 1.29 is 4.74 Å². The maximum Gasteiger partial charge on any atom is 0.0462 e. The summed E-state index contributed by atoms with van der Waals surface area (Å²) in [5.41, 5.74) is 7.39. The molecule has 1 atom stereocenters. The maximum absolute atomic E-state index is 6.09. The topological polar surface area (TPSA) is 38.5 Å². The molecule has 0 heterocycles. The largest absolute Gasteiger partial charge is 0.385 e. The van der Waals surface area contributed by atoms with Gasteiger partial charge in [-0.3, -0.25) is 0 Å². The van der Waals surface area contributed by atoms with Gasteiger partial charge in [-0.25, -0.2) is 0 Å². The smallest absolute Gasteiger partial charge is 0.0462 e. The van der Waals surface area contributed by atoms with E-state index in [0.717, 1.165) is 37.0 Å². The lowest BCUT2D eigenvalue weighted by molar-refractivity contribution is 0.187. The van der Waals surface area contributed by atoms with E-state index in [-0.39, 0.29) is 6.04 Å². The highest BCUT2D eigenvalue weighted by Crippen LogP contribution is 2.13. The molecule has 0 saturated carbocycles. The first-order chi connectivity index (χ1) is 8.61. The first-order valence-corrected chi connectivity index (χ1v) is 7.08. The molecular formula is C14H23BrN2O. The van der Waals surface area contributed by atoms with Gasteiger partial charge in [0.2, 0.25) is 0 Å². The monoisotopic (exact) mass is 314 g/mol. The third-order valence-electron chi connectivity index (χ3n) is 2.81. The Bertz CT molecular complexity index is 346. The van der Waals surface area contributed by atoms with Crippen molar-refractivity contribution in [1.29, 1.82) is 0 Å². The number of halogens is 1. The summed E-state index contributed by atoms with van der Waals surface area (Å²) in [5.74, 6) is 0. The Kier molecular flexibility index (Phi) is 7.51. The highest BCUT2D eigenvalue weighted by atomic mass is 79.9. The number of ether oxygens (including phenoxy) is 1. The van der Waals surface area contributed by atoms with Crippen LogP contribution in [0, 0.1) is 0 Å². The number of nitrogens with two attached hydrogens (primary N) is 1. The van der Waals surface area contributed by atoms with E-state index >= 15 is 0 Å². The quantitative estimate of drug-likeness (QED) is 0.750. The molecule has 0 spiro atoms. The Balaban J connectivity index is 2.30. The third kappa shape index (κ3) is 6.50. The molecule has 0 aliphatic carbocycles. The average Bonchev–Trinajstić information content (AvgIpc) is 2.29. The molecule has 0 aliphatic heterocycles. The molecule has 18 heavy (non-hydrogen) atoms. The predicted octanol–water partition coefficient (Wildman–Crippen LogP) is 2.63. The molecule has 1 unspecified atom stereocenters. The van der Waals surface area contributed by atoms with Crippen molar-refractivity contribution in [2.24, 2.45) is 5.73 Å². The fourth-order valence-corrected chi connectivity index (χ4v) is 2.44. The Hall–Kier alpha value is -0.420. The lowest BCUT2D eigenvalue weighted by atomic mass is 10.1. The van der Waals surface area contributed by atoms with Crippen molar-refractivity contribution in [2.45, 2.75) is 25.4 Å². The molecule has 0 fully saturated rings. The van der Waals surface area contributed by atoms with Crippen LogP contribution in [0.1, 0.15) is 18.4 Å². The number of nitrogens with zero attached hydrogens (tertiary/aromatic N) is 1. The summed E-state index contributed by atoms with van der Waals surface area (Å²) in [6.45, 7) is 2.64. The van der Waals surface area contributed by atoms with Gasteiger partial charge in [0.15, 0.2) is 0 Å². The van der Waals surface area contributed by atoms with Crippen LogP contribution >= 0.6 is 15.9 Å². The molecule has 3 nitrogen and oxygen atoms in total. The van der Waals surface area contributed by atoms with E-state index in [1.807, 2.05) is 6.07 Å². The first kappa shape index (κ1) is 15.6. The lowest BCUT2D eigenvalue weighted by Gasteiger charge is -2.21. The molecule has 0 radical (unpaired) electrons. The van der Waals surface area contributed by atoms with Crippen LogP contribution < -0.4 is 5.73 Å². The summed E-state index contributed by atoms with van der Waals surface area (Å²) in [6.07, 6.45) is 2.04. The van der Waals surface area contributed by atoms with Crippen LogP contribution in [0.4, 0.5) is 0 Å². The predicted molar refractivity (Wildman–Crippen MR) is 79.6 cm³/mol. The summed E-state index contributed by atoms with van der Waals surface area (Å²) < 4.78 is 6.15. The van der Waals surface area contributed by atoms with Crippen molar-refractivity contribution >= 4 is 15.9 Å². The Morgan fingerprint density at radius 3 is 2.89 bits per heavy atom. The van der Waals surface area contributed by atoms with Gasteiger partial charge in [-0.05, 0) is 37.6 Å². The van der Waals surface area contributed by atoms with Gasteiger partial charge < -0.3 is 15.4 Å². The third-order valence-corrected chi connectivity index (χ3v) is 3.30. The van der Waals surface area contributed by atoms with Gasteiger partial charge in [-0.2, -0.15) is 0 Å². The molecule has 1 aromatic carbocycles. The second kappa shape index (κ2) is 8.64. The number of likely N-dealkylation sites (N-methyl/N-ethyl adjacent to an activating group) is 1. The first-order valence-electron chi connectivity index (χ1n) is 6.29. The summed E-state index contributed by atoms with van der Waals surface area (Å²) in [4.78, 5) is 2.26.